The summed E-state index contributed by atoms with van der Waals surface area (Å²) in [5.41, 5.74) is 3.53. The Hall–Kier alpha value is -1.80. The molecule has 0 spiro atoms. The number of ether oxygens (including phenoxy) is 1. The minimum absolute atomic E-state index is 0.446. The Kier molecular flexibility index (Phi) is 4.26. The van der Waals surface area contributed by atoms with Crippen molar-refractivity contribution < 1.29 is 9.84 Å². The molecule has 1 fully saturated rings. The first-order chi connectivity index (χ1) is 10.3. The molecule has 0 bridgehead atoms. The van der Waals surface area contributed by atoms with Crippen LogP contribution in [0.4, 0.5) is 0 Å². The number of benzene rings is 2. The molecule has 1 atom stereocenters. The summed E-state index contributed by atoms with van der Waals surface area (Å²) in [5, 5.41) is 10.5. The molecule has 110 valence electrons. The molecule has 0 aromatic heterocycles. The van der Waals surface area contributed by atoms with Crippen molar-refractivity contribution in [2.24, 2.45) is 0 Å². The molecule has 21 heavy (non-hydrogen) atoms. The molecule has 2 aromatic rings. The van der Waals surface area contributed by atoms with Crippen LogP contribution in [0.3, 0.4) is 0 Å². The van der Waals surface area contributed by atoms with Crippen molar-refractivity contribution in [3.8, 4) is 5.75 Å². The molecule has 2 aromatic carbocycles. The van der Waals surface area contributed by atoms with E-state index in [1.54, 1.807) is 7.11 Å². The lowest BCUT2D eigenvalue weighted by atomic mass is 9.79. The van der Waals surface area contributed by atoms with Crippen molar-refractivity contribution in [1.29, 1.82) is 0 Å². The van der Waals surface area contributed by atoms with Gasteiger partial charge in [-0.25, -0.2) is 0 Å². The van der Waals surface area contributed by atoms with E-state index in [1.165, 1.54) is 24.8 Å². The second-order valence-electron chi connectivity index (χ2n) is 5.87. The third-order valence-electron chi connectivity index (χ3n) is 4.46. The van der Waals surface area contributed by atoms with Crippen LogP contribution in [0.2, 0.25) is 0 Å². The van der Waals surface area contributed by atoms with E-state index >= 15 is 0 Å². The molecule has 1 aliphatic carbocycles. The van der Waals surface area contributed by atoms with E-state index in [4.69, 9.17) is 4.74 Å². The van der Waals surface area contributed by atoms with Gasteiger partial charge in [-0.05, 0) is 47.6 Å². The van der Waals surface area contributed by atoms with Crippen LogP contribution in [0.25, 0.3) is 0 Å². The average molecular weight is 282 g/mol. The van der Waals surface area contributed by atoms with Crippen LogP contribution in [0.15, 0.2) is 48.5 Å². The van der Waals surface area contributed by atoms with E-state index in [-0.39, 0.29) is 0 Å². The fraction of sp³-hybridized carbons (Fsp3) is 0.368. The Bertz CT molecular complexity index is 585. The average Bonchev–Trinajstić information content (AvgIpc) is 2.46. The Morgan fingerprint density at radius 1 is 1.14 bits per heavy atom. The smallest absolute Gasteiger partial charge is 0.118 e. The highest BCUT2D eigenvalue weighted by Crippen LogP contribution is 2.37. The van der Waals surface area contributed by atoms with Crippen molar-refractivity contribution in [2.45, 2.75) is 37.7 Å². The molecular formula is C19H22O2. The molecule has 1 N–H and O–H groups in total. The maximum Gasteiger partial charge on any atom is 0.118 e. The maximum absolute atomic E-state index is 10.5. The molecule has 3 rings (SSSR count). The summed E-state index contributed by atoms with van der Waals surface area (Å²) >= 11 is 0. The minimum Gasteiger partial charge on any atom is -0.497 e. The van der Waals surface area contributed by atoms with Gasteiger partial charge < -0.3 is 9.84 Å². The number of aliphatic hydroxyl groups excluding tert-OH is 1. The zero-order valence-corrected chi connectivity index (χ0v) is 12.5. The normalized spacial score (nSPS) is 16.3. The molecule has 0 amide bonds. The van der Waals surface area contributed by atoms with Crippen LogP contribution >= 0.6 is 0 Å². The summed E-state index contributed by atoms with van der Waals surface area (Å²) in [5.74, 6) is 1.55. The first-order valence-electron chi connectivity index (χ1n) is 7.67. The third-order valence-corrected chi connectivity index (χ3v) is 4.46. The van der Waals surface area contributed by atoms with Gasteiger partial charge in [0, 0.05) is 6.42 Å². The zero-order valence-electron chi connectivity index (χ0n) is 12.5. The number of aliphatic hydroxyl groups is 1. The van der Waals surface area contributed by atoms with Gasteiger partial charge in [0.05, 0.1) is 13.2 Å². The molecule has 0 radical (unpaired) electrons. The van der Waals surface area contributed by atoms with Gasteiger partial charge in [0.25, 0.3) is 0 Å². The molecule has 0 aliphatic heterocycles. The molecule has 2 heteroatoms. The molecule has 2 nitrogen and oxygen atoms in total. The monoisotopic (exact) mass is 282 g/mol. The van der Waals surface area contributed by atoms with Crippen LogP contribution in [0.5, 0.6) is 5.75 Å². The Labute approximate surface area is 126 Å². The summed E-state index contributed by atoms with van der Waals surface area (Å²) in [6.07, 6.45) is 4.11. The third kappa shape index (κ3) is 3.27. The first-order valence-corrected chi connectivity index (χ1v) is 7.67. The summed E-state index contributed by atoms with van der Waals surface area (Å²) in [6, 6.07) is 16.4. The van der Waals surface area contributed by atoms with Gasteiger partial charge in [-0.1, -0.05) is 42.8 Å². The van der Waals surface area contributed by atoms with Gasteiger partial charge in [-0.3, -0.25) is 0 Å². The summed E-state index contributed by atoms with van der Waals surface area (Å²) in [4.78, 5) is 0. The highest BCUT2D eigenvalue weighted by atomic mass is 16.5. The van der Waals surface area contributed by atoms with Crippen molar-refractivity contribution in [1.82, 2.24) is 0 Å². The predicted molar refractivity (Wildman–Crippen MR) is 84.7 cm³/mol. The first kappa shape index (κ1) is 14.2. The maximum atomic E-state index is 10.5. The van der Waals surface area contributed by atoms with E-state index in [0.29, 0.717) is 12.3 Å². The highest BCUT2D eigenvalue weighted by molar-refractivity contribution is 5.32. The SMILES string of the molecule is COc1ccc(CC(O)c2cccc(C3CCC3)c2)cc1. The van der Waals surface area contributed by atoms with E-state index in [9.17, 15) is 5.11 Å². The Morgan fingerprint density at radius 3 is 2.52 bits per heavy atom. The summed E-state index contributed by atoms with van der Waals surface area (Å²) in [7, 11) is 1.66. The van der Waals surface area contributed by atoms with Gasteiger partial charge in [0.2, 0.25) is 0 Å². The van der Waals surface area contributed by atoms with E-state index in [0.717, 1.165) is 16.9 Å². The second kappa shape index (κ2) is 6.31. The van der Waals surface area contributed by atoms with Crippen molar-refractivity contribution >= 4 is 0 Å². The fourth-order valence-corrected chi connectivity index (χ4v) is 2.86. The predicted octanol–water partition coefficient (Wildman–Crippen LogP) is 4.24. The summed E-state index contributed by atoms with van der Waals surface area (Å²) < 4.78 is 5.16. The molecule has 1 aliphatic rings. The van der Waals surface area contributed by atoms with Gasteiger partial charge in [0.15, 0.2) is 0 Å². The molecular weight excluding hydrogens is 260 g/mol. The zero-order chi connectivity index (χ0) is 14.7. The second-order valence-corrected chi connectivity index (χ2v) is 5.87. The summed E-state index contributed by atoms with van der Waals surface area (Å²) in [6.45, 7) is 0. The van der Waals surface area contributed by atoms with Crippen molar-refractivity contribution in [2.75, 3.05) is 7.11 Å². The lowest BCUT2D eigenvalue weighted by molar-refractivity contribution is 0.178. The fourth-order valence-electron chi connectivity index (χ4n) is 2.86. The lowest BCUT2D eigenvalue weighted by Gasteiger charge is -2.26. The van der Waals surface area contributed by atoms with E-state index in [1.807, 2.05) is 30.3 Å². The molecule has 1 saturated carbocycles. The van der Waals surface area contributed by atoms with Gasteiger partial charge >= 0.3 is 0 Å². The standard InChI is InChI=1S/C19H22O2/c1-21-18-10-8-14(9-11-18)12-19(20)17-7-3-6-16(13-17)15-4-2-5-15/h3,6-11,13,15,19-20H,2,4-5,12H2,1H3. The quantitative estimate of drug-likeness (QED) is 0.889. The molecule has 0 saturated heterocycles. The van der Waals surface area contributed by atoms with Crippen LogP contribution in [0.1, 0.15) is 48.0 Å². The number of hydrogen-bond acceptors (Lipinski definition) is 2. The van der Waals surface area contributed by atoms with Gasteiger partial charge in [-0.15, -0.1) is 0 Å². The van der Waals surface area contributed by atoms with E-state index in [2.05, 4.69) is 18.2 Å². The molecule has 0 heterocycles. The minimum atomic E-state index is -0.446. The molecule has 1 unspecified atom stereocenters. The van der Waals surface area contributed by atoms with Crippen molar-refractivity contribution in [3.63, 3.8) is 0 Å². The topological polar surface area (TPSA) is 29.5 Å². The highest BCUT2D eigenvalue weighted by Gasteiger charge is 2.20. The lowest BCUT2D eigenvalue weighted by Crippen LogP contribution is -2.10. The van der Waals surface area contributed by atoms with Gasteiger partial charge in [0.1, 0.15) is 5.75 Å². The van der Waals surface area contributed by atoms with Crippen LogP contribution in [-0.2, 0) is 6.42 Å². The Balaban J connectivity index is 1.70. The number of methoxy groups -OCH3 is 1. The van der Waals surface area contributed by atoms with Crippen molar-refractivity contribution in [3.05, 3.63) is 65.2 Å². The van der Waals surface area contributed by atoms with Gasteiger partial charge in [-0.2, -0.15) is 0 Å². The van der Waals surface area contributed by atoms with Crippen LogP contribution in [-0.4, -0.2) is 12.2 Å². The number of rotatable bonds is 5. The Morgan fingerprint density at radius 2 is 1.90 bits per heavy atom. The van der Waals surface area contributed by atoms with E-state index < -0.39 is 6.10 Å². The van der Waals surface area contributed by atoms with Crippen LogP contribution in [0, 0.1) is 0 Å². The van der Waals surface area contributed by atoms with Crippen LogP contribution < -0.4 is 4.74 Å². The number of hydrogen-bond donors (Lipinski definition) is 1. The largest absolute Gasteiger partial charge is 0.497 e.